The van der Waals surface area contributed by atoms with Crippen LogP contribution in [0, 0.1) is 0 Å². The van der Waals surface area contributed by atoms with E-state index < -0.39 is 0 Å². The highest BCUT2D eigenvalue weighted by molar-refractivity contribution is 6.29. The molecular weight excluding hydrogens is 761 g/mol. The minimum atomic E-state index is -0.141. The van der Waals surface area contributed by atoms with E-state index in [-0.39, 0.29) is 11.6 Å². The first kappa shape index (κ1) is 53.7. The molecule has 0 heterocycles. The van der Waals surface area contributed by atoms with Crippen LogP contribution in [0.3, 0.4) is 0 Å². The molecule has 0 N–H and O–H groups in total. The number of fused-ring (bicyclic) bond motifs is 2. The quantitative estimate of drug-likeness (QED) is 0.0532. The Morgan fingerprint density at radius 2 is 0.597 bits per heavy atom. The molecule has 352 valence electrons. The van der Waals surface area contributed by atoms with Gasteiger partial charge in [-0.2, -0.15) is 0 Å². The first-order chi connectivity index (χ1) is 30.7. The molecule has 0 saturated carbocycles. The molecule has 1 aliphatic carbocycles. The standard InChI is InChI=1S/C58H96O4/c1-3-5-7-9-11-13-15-17-19-21-23-25-27-29-31-33-35-37-39-43-49-61-54-48-47-53-55(57(60)52-46-42-41-45-51(52)56(53)59)58(54)62-50-44-40-38-36-34-32-30-28-26-24-22-20-18-16-14-12-10-8-6-4-2/h41-42,45-48H,3-40,43-44,49-50H2,1-2H3. The van der Waals surface area contributed by atoms with E-state index >= 15 is 0 Å². The van der Waals surface area contributed by atoms with E-state index in [2.05, 4.69) is 13.8 Å². The zero-order chi connectivity index (χ0) is 44.0. The Morgan fingerprint density at radius 3 is 0.935 bits per heavy atom. The zero-order valence-electron chi connectivity index (χ0n) is 40.8. The molecule has 0 atom stereocenters. The van der Waals surface area contributed by atoms with Crippen LogP contribution in [-0.2, 0) is 0 Å². The molecule has 4 heteroatoms. The number of ether oxygens (including phenoxy) is 2. The molecule has 0 bridgehead atoms. The summed E-state index contributed by atoms with van der Waals surface area (Å²) >= 11 is 0. The molecule has 0 aromatic heterocycles. The van der Waals surface area contributed by atoms with Gasteiger partial charge in [-0.05, 0) is 25.0 Å². The van der Waals surface area contributed by atoms with Crippen molar-refractivity contribution in [3.63, 3.8) is 0 Å². The third-order valence-electron chi connectivity index (χ3n) is 13.5. The van der Waals surface area contributed by atoms with Crippen molar-refractivity contribution in [1.82, 2.24) is 0 Å². The van der Waals surface area contributed by atoms with E-state index in [1.165, 1.54) is 231 Å². The molecule has 3 rings (SSSR count). The van der Waals surface area contributed by atoms with Gasteiger partial charge in [-0.3, -0.25) is 9.59 Å². The molecule has 0 saturated heterocycles. The Balaban J connectivity index is 1.24. The highest BCUT2D eigenvalue weighted by Gasteiger charge is 2.34. The Bertz CT molecular complexity index is 1400. The number of rotatable bonds is 44. The predicted molar refractivity (Wildman–Crippen MR) is 267 cm³/mol. The van der Waals surface area contributed by atoms with Crippen LogP contribution in [-0.4, -0.2) is 24.8 Å². The lowest BCUT2D eigenvalue weighted by atomic mass is 9.83. The van der Waals surface area contributed by atoms with Gasteiger partial charge in [0, 0.05) is 16.7 Å². The minimum Gasteiger partial charge on any atom is -0.490 e. The first-order valence-electron chi connectivity index (χ1n) is 27.3. The molecule has 0 fully saturated rings. The zero-order valence-corrected chi connectivity index (χ0v) is 40.8. The number of ketones is 2. The molecule has 0 unspecified atom stereocenters. The topological polar surface area (TPSA) is 52.6 Å². The van der Waals surface area contributed by atoms with Gasteiger partial charge in [-0.15, -0.1) is 0 Å². The van der Waals surface area contributed by atoms with E-state index in [9.17, 15) is 9.59 Å². The summed E-state index contributed by atoms with van der Waals surface area (Å²) in [5, 5.41) is 0. The molecule has 0 aliphatic heterocycles. The maximum atomic E-state index is 13.8. The Hall–Kier alpha value is -2.62. The molecule has 1 aliphatic rings. The van der Waals surface area contributed by atoms with Crippen molar-refractivity contribution in [2.45, 2.75) is 271 Å². The highest BCUT2D eigenvalue weighted by atomic mass is 16.5. The average Bonchev–Trinajstić information content (AvgIpc) is 3.29. The summed E-state index contributed by atoms with van der Waals surface area (Å²) in [7, 11) is 0. The van der Waals surface area contributed by atoms with Crippen molar-refractivity contribution in [2.75, 3.05) is 13.2 Å². The SMILES string of the molecule is CCCCCCCCCCCCCCCCCCCCCCOc1ccc2c(c1OCCCCCCCCCCCCCCCCCCCCCC)C(=O)c1ccccc1C2=O. The van der Waals surface area contributed by atoms with Gasteiger partial charge in [0.05, 0.1) is 18.8 Å². The number of carbonyl (C=O) groups is 2. The summed E-state index contributed by atoms with van der Waals surface area (Å²) in [6, 6.07) is 10.8. The van der Waals surface area contributed by atoms with Gasteiger partial charge < -0.3 is 9.47 Å². The van der Waals surface area contributed by atoms with Gasteiger partial charge in [0.25, 0.3) is 0 Å². The number of hydrogen-bond donors (Lipinski definition) is 0. The van der Waals surface area contributed by atoms with Crippen molar-refractivity contribution in [3.05, 3.63) is 58.7 Å². The van der Waals surface area contributed by atoms with E-state index in [4.69, 9.17) is 9.47 Å². The van der Waals surface area contributed by atoms with Crippen molar-refractivity contribution in [1.29, 1.82) is 0 Å². The maximum Gasteiger partial charge on any atom is 0.198 e. The number of carbonyl (C=O) groups excluding carboxylic acids is 2. The number of benzene rings is 2. The third-order valence-corrected chi connectivity index (χ3v) is 13.5. The monoisotopic (exact) mass is 857 g/mol. The molecule has 0 radical (unpaired) electrons. The summed E-state index contributed by atoms with van der Waals surface area (Å²) in [6.45, 7) is 5.70. The van der Waals surface area contributed by atoms with Gasteiger partial charge in [0.1, 0.15) is 0 Å². The van der Waals surface area contributed by atoms with Gasteiger partial charge >= 0.3 is 0 Å². The molecule has 4 nitrogen and oxygen atoms in total. The van der Waals surface area contributed by atoms with Gasteiger partial charge in [0.2, 0.25) is 0 Å². The fourth-order valence-electron chi connectivity index (χ4n) is 9.46. The summed E-state index contributed by atoms with van der Waals surface area (Å²) in [5.41, 5.74) is 1.74. The summed E-state index contributed by atoms with van der Waals surface area (Å²) in [5.74, 6) is 0.800. The third kappa shape index (κ3) is 23.9. The molecule has 2 aromatic carbocycles. The molecule has 0 spiro atoms. The second-order valence-corrected chi connectivity index (χ2v) is 19.2. The van der Waals surface area contributed by atoms with E-state index in [0.717, 1.165) is 25.7 Å². The van der Waals surface area contributed by atoms with Gasteiger partial charge in [-0.25, -0.2) is 0 Å². The van der Waals surface area contributed by atoms with Crippen LogP contribution in [0.4, 0.5) is 0 Å². The van der Waals surface area contributed by atoms with Crippen LogP contribution < -0.4 is 9.47 Å². The smallest absolute Gasteiger partial charge is 0.198 e. The normalized spacial score (nSPS) is 12.2. The first-order valence-corrected chi connectivity index (χ1v) is 27.3. The lowest BCUT2D eigenvalue weighted by molar-refractivity contribution is 0.0974. The lowest BCUT2D eigenvalue weighted by Gasteiger charge is -2.22. The molecule has 62 heavy (non-hydrogen) atoms. The van der Waals surface area contributed by atoms with Crippen molar-refractivity contribution in [3.8, 4) is 11.5 Å². The van der Waals surface area contributed by atoms with Crippen molar-refractivity contribution < 1.29 is 19.1 Å². The van der Waals surface area contributed by atoms with Crippen LogP contribution in [0.5, 0.6) is 11.5 Å². The predicted octanol–water partition coefficient (Wildman–Crippen LogP) is 18.9. The summed E-state index contributed by atoms with van der Waals surface area (Å²) in [6.07, 6.45) is 54.3. The van der Waals surface area contributed by atoms with Gasteiger partial charge in [0.15, 0.2) is 23.1 Å². The lowest BCUT2D eigenvalue weighted by Crippen LogP contribution is -2.22. The fraction of sp³-hybridized carbons (Fsp3) is 0.759. The van der Waals surface area contributed by atoms with Crippen LogP contribution >= 0.6 is 0 Å². The minimum absolute atomic E-state index is 0.112. The largest absolute Gasteiger partial charge is 0.490 e. The van der Waals surface area contributed by atoms with Crippen LogP contribution in [0.15, 0.2) is 36.4 Å². The summed E-state index contributed by atoms with van der Waals surface area (Å²) < 4.78 is 12.7. The molecule has 2 aromatic rings. The van der Waals surface area contributed by atoms with Crippen LogP contribution in [0.1, 0.15) is 303 Å². The second kappa shape index (κ2) is 37.7. The number of hydrogen-bond acceptors (Lipinski definition) is 4. The highest BCUT2D eigenvalue weighted by Crippen LogP contribution is 2.40. The maximum absolute atomic E-state index is 13.8. The molecule has 0 amide bonds. The van der Waals surface area contributed by atoms with Gasteiger partial charge in [-0.1, -0.05) is 282 Å². The van der Waals surface area contributed by atoms with Crippen molar-refractivity contribution >= 4 is 11.6 Å². The number of unbranched alkanes of at least 4 members (excludes halogenated alkanes) is 38. The van der Waals surface area contributed by atoms with E-state index in [1.54, 1.807) is 18.2 Å². The Labute approximate surface area is 383 Å². The van der Waals surface area contributed by atoms with E-state index in [0.29, 0.717) is 47.0 Å². The van der Waals surface area contributed by atoms with Crippen molar-refractivity contribution in [2.24, 2.45) is 0 Å². The average molecular weight is 857 g/mol. The second-order valence-electron chi connectivity index (χ2n) is 19.2. The van der Waals surface area contributed by atoms with Crippen LogP contribution in [0.25, 0.3) is 0 Å². The van der Waals surface area contributed by atoms with Crippen LogP contribution in [0.2, 0.25) is 0 Å². The Kier molecular flexibility index (Phi) is 32.7. The molecular formula is C58H96O4. The Morgan fingerprint density at radius 1 is 0.306 bits per heavy atom. The van der Waals surface area contributed by atoms with E-state index in [1.807, 2.05) is 18.2 Å². The summed E-state index contributed by atoms with van der Waals surface area (Å²) in [4.78, 5) is 27.3. The fourth-order valence-corrected chi connectivity index (χ4v) is 9.46.